The third-order valence-corrected chi connectivity index (χ3v) is 5.74. The number of nitrogens with one attached hydrogen (secondary N) is 1. The molecule has 1 amide bonds. The van der Waals surface area contributed by atoms with Crippen LogP contribution in [0, 0.1) is 3.57 Å². The first-order chi connectivity index (χ1) is 15.9. The van der Waals surface area contributed by atoms with Crippen molar-refractivity contribution >= 4 is 46.3 Å². The van der Waals surface area contributed by atoms with Crippen LogP contribution in [0.2, 0.25) is 5.02 Å². The fraction of sp³-hybridized carbons (Fsp3) is 0.167. The predicted molar refractivity (Wildman–Crippen MR) is 136 cm³/mol. The van der Waals surface area contributed by atoms with Crippen molar-refractivity contribution in [3.63, 3.8) is 0 Å². The third-order valence-electron chi connectivity index (χ3n) is 4.57. The van der Waals surface area contributed by atoms with E-state index in [2.05, 4.69) is 33.1 Å². The van der Waals surface area contributed by atoms with Gasteiger partial charge in [-0.25, -0.2) is 5.43 Å². The van der Waals surface area contributed by atoms with Crippen molar-refractivity contribution < 1.29 is 23.7 Å². The highest BCUT2D eigenvalue weighted by atomic mass is 127. The van der Waals surface area contributed by atoms with Crippen molar-refractivity contribution in [2.45, 2.75) is 6.61 Å². The molecule has 9 heteroatoms. The van der Waals surface area contributed by atoms with E-state index >= 15 is 0 Å². The number of ether oxygens (including phenoxy) is 4. The molecule has 0 spiro atoms. The number of carbonyl (C=O) groups excluding carboxylic acids is 1. The molecule has 0 saturated heterocycles. The van der Waals surface area contributed by atoms with Crippen molar-refractivity contribution in [3.8, 4) is 23.0 Å². The monoisotopic (exact) mass is 580 g/mol. The van der Waals surface area contributed by atoms with Crippen molar-refractivity contribution in [2.24, 2.45) is 5.10 Å². The zero-order valence-corrected chi connectivity index (χ0v) is 21.1. The molecule has 7 nitrogen and oxygen atoms in total. The molecule has 0 aromatic heterocycles. The molecule has 0 radical (unpaired) electrons. The highest BCUT2D eigenvalue weighted by Crippen LogP contribution is 2.34. The summed E-state index contributed by atoms with van der Waals surface area (Å²) >= 11 is 8.37. The molecule has 3 aromatic carbocycles. The van der Waals surface area contributed by atoms with Gasteiger partial charge in [0.2, 0.25) is 0 Å². The maximum atomic E-state index is 12.5. The van der Waals surface area contributed by atoms with Crippen molar-refractivity contribution in [3.05, 3.63) is 79.9 Å². The summed E-state index contributed by atoms with van der Waals surface area (Å²) in [6.07, 6.45) is 1.53. The molecule has 3 rings (SSSR count). The molecular formula is C24H22ClIN2O5. The van der Waals surface area contributed by atoms with Gasteiger partial charge in [0.15, 0.2) is 11.5 Å². The first-order valence-corrected chi connectivity index (χ1v) is 11.2. The fourth-order valence-electron chi connectivity index (χ4n) is 2.89. The number of halogens is 2. The molecule has 0 aliphatic rings. The van der Waals surface area contributed by atoms with Gasteiger partial charge in [0.1, 0.15) is 18.1 Å². The Balaban J connectivity index is 1.72. The van der Waals surface area contributed by atoms with E-state index in [9.17, 15) is 4.79 Å². The van der Waals surface area contributed by atoms with E-state index < -0.39 is 5.91 Å². The van der Waals surface area contributed by atoms with Crippen LogP contribution < -0.4 is 24.4 Å². The largest absolute Gasteiger partial charge is 0.497 e. The molecule has 0 saturated carbocycles. The SMILES string of the molecule is COc1cc(OC)cc(C(=O)N/N=C\c2cc(I)c(OCc3ccccc3Cl)c(OC)c2)c1. The quantitative estimate of drug-likeness (QED) is 0.211. The van der Waals surface area contributed by atoms with Crippen LogP contribution in [0.25, 0.3) is 0 Å². The van der Waals surface area contributed by atoms with Gasteiger partial charge in [0.05, 0.1) is 31.1 Å². The molecule has 33 heavy (non-hydrogen) atoms. The van der Waals surface area contributed by atoms with Crippen molar-refractivity contribution in [1.29, 1.82) is 0 Å². The summed E-state index contributed by atoms with van der Waals surface area (Å²) in [5.74, 6) is 1.76. The number of benzene rings is 3. The molecule has 0 bridgehead atoms. The predicted octanol–water partition coefficient (Wildman–Crippen LogP) is 5.31. The molecule has 0 fully saturated rings. The van der Waals surface area contributed by atoms with E-state index in [4.69, 9.17) is 30.5 Å². The Morgan fingerprint density at radius 3 is 2.36 bits per heavy atom. The van der Waals surface area contributed by atoms with E-state index in [1.807, 2.05) is 30.3 Å². The van der Waals surface area contributed by atoms with Gasteiger partial charge in [0.25, 0.3) is 5.91 Å². The number of methoxy groups -OCH3 is 3. The highest BCUT2D eigenvalue weighted by Gasteiger charge is 2.13. The average molecular weight is 581 g/mol. The van der Waals surface area contributed by atoms with Gasteiger partial charge in [-0.05, 0) is 58.5 Å². The van der Waals surface area contributed by atoms with Gasteiger partial charge in [-0.15, -0.1) is 0 Å². The van der Waals surface area contributed by atoms with Crippen molar-refractivity contribution in [2.75, 3.05) is 21.3 Å². The van der Waals surface area contributed by atoms with Gasteiger partial charge in [0, 0.05) is 22.2 Å². The van der Waals surface area contributed by atoms with Crippen LogP contribution in [0.3, 0.4) is 0 Å². The molecule has 0 heterocycles. The Bertz CT molecular complexity index is 1150. The normalized spacial score (nSPS) is 10.7. The van der Waals surface area contributed by atoms with Crippen LogP contribution in [0.1, 0.15) is 21.5 Å². The van der Waals surface area contributed by atoms with Gasteiger partial charge in [-0.2, -0.15) is 5.10 Å². The van der Waals surface area contributed by atoms with E-state index in [0.29, 0.717) is 40.2 Å². The van der Waals surface area contributed by atoms with E-state index in [1.165, 1.54) is 20.4 Å². The smallest absolute Gasteiger partial charge is 0.271 e. The minimum atomic E-state index is -0.398. The third kappa shape index (κ3) is 6.52. The number of hydrogen-bond acceptors (Lipinski definition) is 6. The van der Waals surface area contributed by atoms with Crippen LogP contribution >= 0.6 is 34.2 Å². The second-order valence-corrected chi connectivity index (χ2v) is 8.28. The fourth-order valence-corrected chi connectivity index (χ4v) is 3.86. The summed E-state index contributed by atoms with van der Waals surface area (Å²) in [5.41, 5.74) is 4.47. The topological polar surface area (TPSA) is 78.4 Å². The summed E-state index contributed by atoms with van der Waals surface area (Å²) in [7, 11) is 4.60. The molecule has 3 aromatic rings. The first kappa shape index (κ1) is 24.7. The number of amides is 1. The summed E-state index contributed by atoms with van der Waals surface area (Å²) in [5, 5.41) is 4.70. The number of rotatable bonds is 9. The maximum absolute atomic E-state index is 12.5. The standard InChI is InChI=1S/C24H22ClIN2O5/c1-30-18-10-17(11-19(12-18)31-2)24(29)28-27-13-15-8-21(26)23(22(9-15)32-3)33-14-16-6-4-5-7-20(16)25/h4-13H,14H2,1-3H3,(H,28,29)/b27-13-. The summed E-state index contributed by atoms with van der Waals surface area (Å²) in [6, 6.07) is 16.0. The summed E-state index contributed by atoms with van der Waals surface area (Å²) in [6.45, 7) is 0.305. The lowest BCUT2D eigenvalue weighted by molar-refractivity contribution is 0.0954. The lowest BCUT2D eigenvalue weighted by Crippen LogP contribution is -2.17. The molecule has 1 N–H and O–H groups in total. The van der Waals surface area contributed by atoms with E-state index in [0.717, 1.165) is 14.7 Å². The Morgan fingerprint density at radius 2 is 1.73 bits per heavy atom. The summed E-state index contributed by atoms with van der Waals surface area (Å²) in [4.78, 5) is 12.5. The average Bonchev–Trinajstić information content (AvgIpc) is 2.83. The number of carbonyl (C=O) groups is 1. The number of hydrogen-bond donors (Lipinski definition) is 1. The minimum Gasteiger partial charge on any atom is -0.497 e. The Morgan fingerprint density at radius 1 is 1.03 bits per heavy atom. The number of hydrazone groups is 1. The lowest BCUT2D eigenvalue weighted by atomic mass is 10.2. The molecule has 0 aliphatic heterocycles. The van der Waals surface area contributed by atoms with Crippen LogP contribution in [-0.4, -0.2) is 33.5 Å². The van der Waals surface area contributed by atoms with Gasteiger partial charge in [-0.3, -0.25) is 4.79 Å². The molecule has 172 valence electrons. The summed E-state index contributed by atoms with van der Waals surface area (Å²) < 4.78 is 22.7. The molecular weight excluding hydrogens is 559 g/mol. The van der Waals surface area contributed by atoms with Crippen LogP contribution in [0.15, 0.2) is 59.7 Å². The van der Waals surface area contributed by atoms with E-state index in [1.54, 1.807) is 31.4 Å². The van der Waals surface area contributed by atoms with Gasteiger partial charge >= 0.3 is 0 Å². The molecule has 0 unspecified atom stereocenters. The minimum absolute atomic E-state index is 0.305. The van der Waals surface area contributed by atoms with Gasteiger partial charge < -0.3 is 18.9 Å². The Kier molecular flexibility index (Phi) is 8.79. The highest BCUT2D eigenvalue weighted by molar-refractivity contribution is 14.1. The Labute approximate surface area is 210 Å². The first-order valence-electron chi connectivity index (χ1n) is 9.75. The van der Waals surface area contributed by atoms with Crippen LogP contribution in [0.5, 0.6) is 23.0 Å². The van der Waals surface area contributed by atoms with Crippen LogP contribution in [-0.2, 0) is 6.61 Å². The maximum Gasteiger partial charge on any atom is 0.271 e. The molecule has 0 aliphatic carbocycles. The van der Waals surface area contributed by atoms with E-state index in [-0.39, 0.29) is 0 Å². The zero-order valence-electron chi connectivity index (χ0n) is 18.2. The van der Waals surface area contributed by atoms with Crippen molar-refractivity contribution in [1.82, 2.24) is 5.43 Å². The second-order valence-electron chi connectivity index (χ2n) is 6.71. The van der Waals surface area contributed by atoms with Gasteiger partial charge in [-0.1, -0.05) is 29.8 Å². The second kappa shape index (κ2) is 11.8. The van der Waals surface area contributed by atoms with Crippen LogP contribution in [0.4, 0.5) is 0 Å². The number of nitrogens with zero attached hydrogens (tertiary/aromatic N) is 1. The zero-order chi connectivity index (χ0) is 23.8. The Hall–Kier alpha value is -2.98. The lowest BCUT2D eigenvalue weighted by Gasteiger charge is -2.14. The molecule has 0 atom stereocenters.